The number of hydrogen-bond donors (Lipinski definition) is 1. The molecule has 0 aromatic carbocycles. The van der Waals surface area contributed by atoms with Gasteiger partial charge in [-0.1, -0.05) is 0 Å². The van der Waals surface area contributed by atoms with Crippen molar-refractivity contribution in [2.75, 3.05) is 0 Å². The van der Waals surface area contributed by atoms with Crippen molar-refractivity contribution in [1.29, 1.82) is 0 Å². The van der Waals surface area contributed by atoms with Gasteiger partial charge in [0.25, 0.3) is 0 Å². The van der Waals surface area contributed by atoms with Crippen molar-refractivity contribution >= 4 is 11.3 Å². The van der Waals surface area contributed by atoms with Gasteiger partial charge in [-0.25, -0.2) is 14.6 Å². The lowest BCUT2D eigenvalue weighted by Gasteiger charge is -2.12. The standard InChI is InChI=1S/C10H15N5S/c1-7(2)15-10(12-5-14-15)3-8(11)9-4-16-6-13-9/h4-8H,3,11H2,1-2H3. The largest absolute Gasteiger partial charge is 0.322 e. The summed E-state index contributed by atoms with van der Waals surface area (Å²) in [6, 6.07) is 0.202. The van der Waals surface area contributed by atoms with Crippen LogP contribution in [0.3, 0.4) is 0 Å². The summed E-state index contributed by atoms with van der Waals surface area (Å²) in [6.45, 7) is 4.15. The van der Waals surface area contributed by atoms with Crippen molar-refractivity contribution in [3.63, 3.8) is 0 Å². The monoisotopic (exact) mass is 237 g/mol. The summed E-state index contributed by atoms with van der Waals surface area (Å²) in [5.41, 5.74) is 8.78. The first-order chi connectivity index (χ1) is 7.68. The van der Waals surface area contributed by atoms with Crippen LogP contribution in [0.15, 0.2) is 17.2 Å². The lowest BCUT2D eigenvalue weighted by atomic mass is 10.1. The van der Waals surface area contributed by atoms with E-state index in [9.17, 15) is 0 Å². The Labute approximate surface area is 98.3 Å². The fourth-order valence-corrected chi connectivity index (χ4v) is 2.18. The number of thiazole rings is 1. The smallest absolute Gasteiger partial charge is 0.138 e. The van der Waals surface area contributed by atoms with Crippen molar-refractivity contribution in [3.8, 4) is 0 Å². The van der Waals surface area contributed by atoms with Crippen molar-refractivity contribution in [3.05, 3.63) is 28.7 Å². The quantitative estimate of drug-likeness (QED) is 0.876. The zero-order valence-corrected chi connectivity index (χ0v) is 10.2. The maximum atomic E-state index is 6.06. The second-order valence-corrected chi connectivity index (χ2v) is 4.66. The van der Waals surface area contributed by atoms with E-state index in [-0.39, 0.29) is 6.04 Å². The molecule has 2 rings (SSSR count). The molecule has 0 bridgehead atoms. The summed E-state index contributed by atoms with van der Waals surface area (Å²) in [4.78, 5) is 8.44. The normalized spacial score (nSPS) is 13.2. The SMILES string of the molecule is CC(C)n1ncnc1CC(N)c1cscn1. The van der Waals surface area contributed by atoms with E-state index in [2.05, 4.69) is 28.9 Å². The summed E-state index contributed by atoms with van der Waals surface area (Å²) in [6.07, 6.45) is 2.24. The van der Waals surface area contributed by atoms with E-state index < -0.39 is 0 Å². The third kappa shape index (κ3) is 2.28. The molecule has 2 aromatic heterocycles. The summed E-state index contributed by atoms with van der Waals surface area (Å²) >= 11 is 1.56. The van der Waals surface area contributed by atoms with Crippen LogP contribution >= 0.6 is 11.3 Å². The van der Waals surface area contributed by atoms with E-state index in [0.29, 0.717) is 12.5 Å². The topological polar surface area (TPSA) is 69.6 Å². The first-order valence-corrected chi connectivity index (χ1v) is 6.15. The van der Waals surface area contributed by atoms with Gasteiger partial charge in [0.2, 0.25) is 0 Å². The number of hydrogen-bond acceptors (Lipinski definition) is 5. The first-order valence-electron chi connectivity index (χ1n) is 5.20. The van der Waals surface area contributed by atoms with Gasteiger partial charge in [-0.2, -0.15) is 5.10 Å². The molecular formula is C10H15N5S. The Hall–Kier alpha value is -1.27. The van der Waals surface area contributed by atoms with Crippen LogP contribution in [-0.2, 0) is 6.42 Å². The van der Waals surface area contributed by atoms with E-state index in [1.54, 1.807) is 23.2 Å². The summed E-state index contributed by atoms with van der Waals surface area (Å²) in [5.74, 6) is 0.913. The maximum absolute atomic E-state index is 6.06. The van der Waals surface area contributed by atoms with Crippen LogP contribution in [0.1, 0.15) is 37.4 Å². The second-order valence-electron chi connectivity index (χ2n) is 3.94. The van der Waals surface area contributed by atoms with Crippen molar-refractivity contribution in [2.24, 2.45) is 5.73 Å². The highest BCUT2D eigenvalue weighted by molar-refractivity contribution is 7.07. The zero-order valence-electron chi connectivity index (χ0n) is 9.37. The average Bonchev–Trinajstić information content (AvgIpc) is 2.86. The minimum atomic E-state index is -0.104. The van der Waals surface area contributed by atoms with Crippen LogP contribution in [0.5, 0.6) is 0 Å². The van der Waals surface area contributed by atoms with Gasteiger partial charge in [0.1, 0.15) is 12.2 Å². The summed E-state index contributed by atoms with van der Waals surface area (Å²) in [5, 5.41) is 6.16. The molecule has 0 spiro atoms. The molecule has 86 valence electrons. The molecule has 0 aliphatic rings. The molecule has 2 N–H and O–H groups in total. The minimum Gasteiger partial charge on any atom is -0.322 e. The third-order valence-corrected chi connectivity index (χ3v) is 2.97. The van der Waals surface area contributed by atoms with E-state index >= 15 is 0 Å². The van der Waals surface area contributed by atoms with Crippen LogP contribution in [0, 0.1) is 0 Å². The Balaban J connectivity index is 2.12. The van der Waals surface area contributed by atoms with E-state index in [0.717, 1.165) is 11.5 Å². The Bertz CT molecular complexity index is 434. The lowest BCUT2D eigenvalue weighted by Crippen LogP contribution is -2.18. The molecule has 2 heterocycles. The zero-order chi connectivity index (χ0) is 11.5. The molecule has 0 saturated heterocycles. The van der Waals surface area contributed by atoms with Crippen molar-refractivity contribution in [2.45, 2.75) is 32.4 Å². The van der Waals surface area contributed by atoms with Gasteiger partial charge in [-0.15, -0.1) is 11.3 Å². The van der Waals surface area contributed by atoms with E-state index in [1.807, 2.05) is 10.1 Å². The van der Waals surface area contributed by atoms with Gasteiger partial charge in [-0.05, 0) is 13.8 Å². The number of aromatic nitrogens is 4. The molecule has 5 nitrogen and oxygen atoms in total. The lowest BCUT2D eigenvalue weighted by molar-refractivity contribution is 0.492. The van der Waals surface area contributed by atoms with E-state index in [1.165, 1.54) is 0 Å². The molecule has 0 aliphatic carbocycles. The summed E-state index contributed by atoms with van der Waals surface area (Å²) < 4.78 is 1.90. The van der Waals surface area contributed by atoms with Gasteiger partial charge >= 0.3 is 0 Å². The van der Waals surface area contributed by atoms with Gasteiger partial charge < -0.3 is 5.73 Å². The molecule has 16 heavy (non-hydrogen) atoms. The Morgan fingerprint density at radius 1 is 1.44 bits per heavy atom. The van der Waals surface area contributed by atoms with Gasteiger partial charge in [-0.3, -0.25) is 0 Å². The minimum absolute atomic E-state index is 0.104. The molecule has 1 atom stereocenters. The van der Waals surface area contributed by atoms with Crippen LogP contribution in [-0.4, -0.2) is 19.7 Å². The maximum Gasteiger partial charge on any atom is 0.138 e. The first kappa shape index (κ1) is 11.2. The molecular weight excluding hydrogens is 222 g/mol. The van der Waals surface area contributed by atoms with Crippen LogP contribution in [0.25, 0.3) is 0 Å². The Morgan fingerprint density at radius 3 is 2.88 bits per heavy atom. The average molecular weight is 237 g/mol. The number of rotatable bonds is 4. The summed E-state index contributed by atoms with van der Waals surface area (Å²) in [7, 11) is 0. The van der Waals surface area contributed by atoms with Crippen LogP contribution in [0.2, 0.25) is 0 Å². The molecule has 0 saturated carbocycles. The predicted molar refractivity (Wildman–Crippen MR) is 63.2 cm³/mol. The van der Waals surface area contributed by atoms with Crippen molar-refractivity contribution in [1.82, 2.24) is 19.7 Å². The van der Waals surface area contributed by atoms with Gasteiger partial charge in [0, 0.05) is 17.8 Å². The molecule has 2 aromatic rings. The van der Waals surface area contributed by atoms with Gasteiger partial charge in [0.15, 0.2) is 0 Å². The third-order valence-electron chi connectivity index (χ3n) is 2.37. The number of nitrogens with zero attached hydrogens (tertiary/aromatic N) is 4. The van der Waals surface area contributed by atoms with Crippen LogP contribution in [0.4, 0.5) is 0 Å². The molecule has 0 amide bonds. The molecule has 0 radical (unpaired) electrons. The second kappa shape index (κ2) is 4.71. The fraction of sp³-hybridized carbons (Fsp3) is 0.500. The van der Waals surface area contributed by atoms with E-state index in [4.69, 9.17) is 5.73 Å². The highest BCUT2D eigenvalue weighted by atomic mass is 32.1. The Morgan fingerprint density at radius 2 is 2.25 bits per heavy atom. The molecule has 0 aliphatic heterocycles. The highest BCUT2D eigenvalue weighted by Crippen LogP contribution is 2.16. The number of nitrogens with two attached hydrogens (primary N) is 1. The fourth-order valence-electron chi connectivity index (χ4n) is 1.56. The molecule has 0 fully saturated rings. The predicted octanol–water partition coefficient (Wildman–Crippen LogP) is 1.56. The van der Waals surface area contributed by atoms with Crippen molar-refractivity contribution < 1.29 is 0 Å². The Kier molecular flexibility index (Phi) is 3.31. The molecule has 6 heteroatoms. The van der Waals surface area contributed by atoms with Crippen LogP contribution < -0.4 is 5.73 Å². The molecule has 1 unspecified atom stereocenters. The highest BCUT2D eigenvalue weighted by Gasteiger charge is 2.14. The van der Waals surface area contributed by atoms with Gasteiger partial charge in [0.05, 0.1) is 17.2 Å².